The molecule has 1 aromatic carbocycles. The van der Waals surface area contributed by atoms with E-state index in [4.69, 9.17) is 9.05 Å². The monoisotopic (exact) mass is 269 g/mol. The molecule has 0 fully saturated rings. The highest BCUT2D eigenvalue weighted by Crippen LogP contribution is 2.51. The van der Waals surface area contributed by atoms with Crippen LogP contribution in [0.25, 0.3) is 0 Å². The Bertz CT molecular complexity index is 509. The van der Waals surface area contributed by atoms with E-state index in [0.717, 1.165) is 5.56 Å². The van der Waals surface area contributed by atoms with Crippen molar-refractivity contribution in [2.24, 2.45) is 0 Å². The second-order valence-electron chi connectivity index (χ2n) is 4.18. The van der Waals surface area contributed by atoms with Gasteiger partial charge in [-0.25, -0.2) is 0 Å². The first kappa shape index (κ1) is 13.3. The summed E-state index contributed by atoms with van der Waals surface area (Å²) in [5.41, 5.74) is 1.53. The zero-order chi connectivity index (χ0) is 13.3. The van der Waals surface area contributed by atoms with E-state index in [1.165, 1.54) is 14.2 Å². The van der Waals surface area contributed by atoms with E-state index in [2.05, 4.69) is 0 Å². The van der Waals surface area contributed by atoms with Crippen LogP contribution in [0.4, 0.5) is 0 Å². The summed E-state index contributed by atoms with van der Waals surface area (Å²) >= 11 is 0. The van der Waals surface area contributed by atoms with Gasteiger partial charge in [0.15, 0.2) is 0 Å². The van der Waals surface area contributed by atoms with Crippen LogP contribution in [0.3, 0.4) is 0 Å². The Morgan fingerprint density at radius 3 is 2.50 bits per heavy atom. The van der Waals surface area contributed by atoms with Gasteiger partial charge in [0.1, 0.15) is 0 Å². The highest BCUT2D eigenvalue weighted by atomic mass is 31.2. The summed E-state index contributed by atoms with van der Waals surface area (Å²) in [5.74, 6) is -0.0608. The molecule has 18 heavy (non-hydrogen) atoms. The van der Waals surface area contributed by atoms with E-state index in [1.54, 1.807) is 18.0 Å². The number of carbonyl (C=O) groups is 1. The predicted molar refractivity (Wildman–Crippen MR) is 67.8 cm³/mol. The average molecular weight is 269 g/mol. The van der Waals surface area contributed by atoms with Crippen molar-refractivity contribution in [2.75, 3.05) is 27.4 Å². The number of nitrogens with zero attached hydrogens (tertiary/aromatic N) is 1. The lowest BCUT2D eigenvalue weighted by atomic mass is 10.1. The largest absolute Gasteiger partial charge is 0.334 e. The standard InChI is InChI=1S/C12H16NO4P/c1-13-11(8-18(15,16-2)17-3)9-6-4-5-7-10(9)12(13)14/h4-7,11H,8H2,1-3H3. The summed E-state index contributed by atoms with van der Waals surface area (Å²) in [6, 6.07) is 7.07. The molecule has 5 nitrogen and oxygen atoms in total. The molecular weight excluding hydrogens is 253 g/mol. The molecule has 0 aromatic heterocycles. The molecule has 0 radical (unpaired) electrons. The number of carbonyl (C=O) groups excluding carboxylic acids is 1. The average Bonchev–Trinajstić information content (AvgIpc) is 2.64. The number of fused-ring (bicyclic) bond motifs is 1. The van der Waals surface area contributed by atoms with E-state index < -0.39 is 7.60 Å². The predicted octanol–water partition coefficient (Wildman–Crippen LogP) is 2.30. The molecule has 2 rings (SSSR count). The van der Waals surface area contributed by atoms with E-state index >= 15 is 0 Å². The minimum atomic E-state index is -3.14. The Labute approximate surface area is 106 Å². The van der Waals surface area contributed by atoms with Crippen LogP contribution >= 0.6 is 7.60 Å². The molecule has 0 N–H and O–H groups in total. The molecule has 0 spiro atoms. The molecule has 1 aliphatic rings. The third-order valence-corrected chi connectivity index (χ3v) is 5.20. The van der Waals surface area contributed by atoms with E-state index in [0.29, 0.717) is 5.56 Å². The Kier molecular flexibility index (Phi) is 3.57. The Morgan fingerprint density at radius 1 is 1.28 bits per heavy atom. The first-order chi connectivity index (χ1) is 8.52. The number of rotatable bonds is 4. The summed E-state index contributed by atoms with van der Waals surface area (Å²) < 4.78 is 22.1. The lowest BCUT2D eigenvalue weighted by Gasteiger charge is -2.24. The van der Waals surface area contributed by atoms with Crippen molar-refractivity contribution in [2.45, 2.75) is 6.04 Å². The quantitative estimate of drug-likeness (QED) is 0.787. The van der Waals surface area contributed by atoms with Gasteiger partial charge >= 0.3 is 7.60 Å². The molecule has 0 aliphatic carbocycles. The second-order valence-corrected chi connectivity index (χ2v) is 6.49. The van der Waals surface area contributed by atoms with Gasteiger partial charge in [-0.05, 0) is 11.6 Å². The van der Waals surface area contributed by atoms with Crippen molar-refractivity contribution in [3.8, 4) is 0 Å². The molecule has 98 valence electrons. The van der Waals surface area contributed by atoms with Crippen LogP contribution in [0.1, 0.15) is 22.0 Å². The Hall–Kier alpha value is -1.16. The molecule has 0 saturated carbocycles. The molecule has 1 aliphatic heterocycles. The van der Waals surface area contributed by atoms with Gasteiger partial charge in [-0.15, -0.1) is 0 Å². The molecule has 1 heterocycles. The van der Waals surface area contributed by atoms with Crippen molar-refractivity contribution < 1.29 is 18.4 Å². The van der Waals surface area contributed by atoms with Crippen LogP contribution in [0.5, 0.6) is 0 Å². The van der Waals surface area contributed by atoms with Crippen molar-refractivity contribution in [1.82, 2.24) is 4.90 Å². The van der Waals surface area contributed by atoms with Gasteiger partial charge in [-0.3, -0.25) is 9.36 Å². The highest BCUT2D eigenvalue weighted by molar-refractivity contribution is 7.53. The maximum Gasteiger partial charge on any atom is 0.332 e. The maximum absolute atomic E-state index is 12.2. The Balaban J connectivity index is 2.35. The summed E-state index contributed by atoms with van der Waals surface area (Å²) in [6.45, 7) is 0. The normalized spacial score (nSPS) is 19.2. The highest BCUT2D eigenvalue weighted by Gasteiger charge is 2.39. The van der Waals surface area contributed by atoms with Crippen molar-refractivity contribution in [3.63, 3.8) is 0 Å². The maximum atomic E-state index is 12.2. The minimum absolute atomic E-state index is 0.0608. The molecule has 1 atom stereocenters. The lowest BCUT2D eigenvalue weighted by Crippen LogP contribution is -2.25. The smallest absolute Gasteiger partial charge is 0.332 e. The summed E-state index contributed by atoms with van der Waals surface area (Å²) in [5, 5.41) is 0. The van der Waals surface area contributed by atoms with Crippen LogP contribution in [0.2, 0.25) is 0 Å². The van der Waals surface area contributed by atoms with Gasteiger partial charge in [-0.2, -0.15) is 0 Å². The van der Waals surface area contributed by atoms with Crippen LogP contribution in [-0.2, 0) is 13.6 Å². The summed E-state index contributed by atoms with van der Waals surface area (Å²) in [7, 11) is 1.26. The lowest BCUT2D eigenvalue weighted by molar-refractivity contribution is 0.0782. The topological polar surface area (TPSA) is 55.8 Å². The molecule has 1 amide bonds. The Morgan fingerprint density at radius 2 is 1.89 bits per heavy atom. The van der Waals surface area contributed by atoms with E-state index in [1.807, 2.05) is 18.2 Å². The minimum Gasteiger partial charge on any atom is -0.334 e. The third-order valence-electron chi connectivity index (χ3n) is 3.29. The third kappa shape index (κ3) is 2.09. The number of hydrogen-bond donors (Lipinski definition) is 0. The van der Waals surface area contributed by atoms with Crippen LogP contribution < -0.4 is 0 Å². The van der Waals surface area contributed by atoms with Gasteiger partial charge in [0.05, 0.1) is 12.2 Å². The van der Waals surface area contributed by atoms with Crippen molar-refractivity contribution in [3.05, 3.63) is 35.4 Å². The fourth-order valence-corrected chi connectivity index (χ4v) is 3.49. The molecule has 0 saturated heterocycles. The number of hydrogen-bond acceptors (Lipinski definition) is 4. The van der Waals surface area contributed by atoms with Crippen molar-refractivity contribution in [1.29, 1.82) is 0 Å². The van der Waals surface area contributed by atoms with Crippen molar-refractivity contribution >= 4 is 13.5 Å². The zero-order valence-electron chi connectivity index (χ0n) is 10.6. The summed E-state index contributed by atoms with van der Waals surface area (Å²) in [6.07, 6.45) is 0.166. The first-order valence-electron chi connectivity index (χ1n) is 5.59. The van der Waals surface area contributed by atoms with Crippen LogP contribution in [0.15, 0.2) is 24.3 Å². The molecule has 1 aromatic rings. The SMILES string of the molecule is COP(=O)(CC1c2ccccc2C(=O)N1C)OC. The number of amides is 1. The molecule has 6 heteroatoms. The van der Waals surface area contributed by atoms with Crippen LogP contribution in [-0.4, -0.2) is 38.2 Å². The van der Waals surface area contributed by atoms with Gasteiger partial charge in [0.2, 0.25) is 0 Å². The summed E-state index contributed by atoms with van der Waals surface area (Å²) in [4.78, 5) is 13.6. The first-order valence-corrected chi connectivity index (χ1v) is 7.32. The molecule has 0 bridgehead atoms. The fourth-order valence-electron chi connectivity index (χ4n) is 2.18. The molecule has 1 unspecified atom stereocenters. The van der Waals surface area contributed by atoms with Gasteiger partial charge in [0, 0.05) is 26.8 Å². The zero-order valence-corrected chi connectivity index (χ0v) is 11.5. The fraction of sp³-hybridized carbons (Fsp3) is 0.417. The van der Waals surface area contributed by atoms with E-state index in [9.17, 15) is 9.36 Å². The van der Waals surface area contributed by atoms with Gasteiger partial charge < -0.3 is 13.9 Å². The second kappa shape index (κ2) is 4.84. The molecular formula is C12H16NO4P. The number of benzene rings is 1. The van der Waals surface area contributed by atoms with Gasteiger partial charge in [0.25, 0.3) is 5.91 Å². The van der Waals surface area contributed by atoms with E-state index in [-0.39, 0.29) is 18.1 Å². The van der Waals surface area contributed by atoms with Crippen LogP contribution in [0, 0.1) is 0 Å². The van der Waals surface area contributed by atoms with Gasteiger partial charge in [-0.1, -0.05) is 18.2 Å².